The van der Waals surface area contributed by atoms with Gasteiger partial charge in [0.05, 0.1) is 6.04 Å². The maximum Gasteiger partial charge on any atom is 0.315 e. The van der Waals surface area contributed by atoms with E-state index >= 15 is 0 Å². The standard InChI is InChI=1S/C10H20N2O2/c1-8-9(12-10(14)11-8)6-4-2-3-5-7-13/h8-9,13H,2-7H2,1H3,(H2,11,12,14). The number of hydrogen-bond acceptors (Lipinski definition) is 2. The summed E-state index contributed by atoms with van der Waals surface area (Å²) in [6, 6.07) is 0.495. The van der Waals surface area contributed by atoms with Gasteiger partial charge in [-0.3, -0.25) is 0 Å². The van der Waals surface area contributed by atoms with Gasteiger partial charge < -0.3 is 15.7 Å². The van der Waals surface area contributed by atoms with Crippen LogP contribution >= 0.6 is 0 Å². The van der Waals surface area contributed by atoms with Gasteiger partial charge >= 0.3 is 6.03 Å². The first kappa shape index (κ1) is 11.3. The first-order valence-electron chi connectivity index (χ1n) is 5.42. The molecule has 3 N–H and O–H groups in total. The van der Waals surface area contributed by atoms with Crippen molar-refractivity contribution in [3.63, 3.8) is 0 Å². The van der Waals surface area contributed by atoms with E-state index in [0.29, 0.717) is 0 Å². The minimum atomic E-state index is -0.0436. The van der Waals surface area contributed by atoms with Crippen molar-refractivity contribution < 1.29 is 9.90 Å². The van der Waals surface area contributed by atoms with Crippen molar-refractivity contribution in [2.75, 3.05) is 6.61 Å². The Bertz CT molecular complexity index is 185. The number of aliphatic hydroxyl groups is 1. The summed E-state index contributed by atoms with van der Waals surface area (Å²) >= 11 is 0. The molecule has 0 aromatic carbocycles. The number of carbonyl (C=O) groups excluding carboxylic acids is 1. The van der Waals surface area contributed by atoms with Crippen molar-refractivity contribution in [2.45, 2.75) is 51.1 Å². The van der Waals surface area contributed by atoms with Crippen LogP contribution in [0.25, 0.3) is 0 Å². The average Bonchev–Trinajstić information content (AvgIpc) is 2.45. The highest BCUT2D eigenvalue weighted by atomic mass is 16.2. The molecule has 14 heavy (non-hydrogen) atoms. The zero-order valence-electron chi connectivity index (χ0n) is 8.75. The Balaban J connectivity index is 2.04. The van der Waals surface area contributed by atoms with Crippen molar-refractivity contribution >= 4 is 6.03 Å². The largest absolute Gasteiger partial charge is 0.396 e. The molecule has 0 bridgehead atoms. The molecule has 1 fully saturated rings. The predicted molar refractivity (Wildman–Crippen MR) is 55.1 cm³/mol. The summed E-state index contributed by atoms with van der Waals surface area (Å²) in [5, 5.41) is 14.3. The predicted octanol–water partition coefficient (Wildman–Crippen LogP) is 0.999. The third-order valence-electron chi connectivity index (χ3n) is 2.70. The lowest BCUT2D eigenvalue weighted by Gasteiger charge is -2.13. The van der Waals surface area contributed by atoms with Gasteiger partial charge in [-0.25, -0.2) is 4.79 Å². The SMILES string of the molecule is CC1NC(=O)NC1CCCCCCO. The molecular weight excluding hydrogens is 180 g/mol. The highest BCUT2D eigenvalue weighted by Gasteiger charge is 2.26. The molecular formula is C10H20N2O2. The fourth-order valence-electron chi connectivity index (χ4n) is 1.79. The third-order valence-corrected chi connectivity index (χ3v) is 2.70. The van der Waals surface area contributed by atoms with Crippen LogP contribution in [0.5, 0.6) is 0 Å². The number of urea groups is 1. The van der Waals surface area contributed by atoms with E-state index in [2.05, 4.69) is 10.6 Å². The van der Waals surface area contributed by atoms with Gasteiger partial charge in [0.2, 0.25) is 0 Å². The van der Waals surface area contributed by atoms with E-state index < -0.39 is 0 Å². The van der Waals surface area contributed by atoms with Gasteiger partial charge in [-0.1, -0.05) is 19.3 Å². The van der Waals surface area contributed by atoms with Gasteiger partial charge in [-0.15, -0.1) is 0 Å². The molecule has 0 aromatic heterocycles. The van der Waals surface area contributed by atoms with E-state index in [1.54, 1.807) is 0 Å². The third kappa shape index (κ3) is 3.54. The van der Waals surface area contributed by atoms with Crippen LogP contribution < -0.4 is 10.6 Å². The molecule has 0 spiro atoms. The van der Waals surface area contributed by atoms with Crippen LogP contribution in [0.2, 0.25) is 0 Å². The van der Waals surface area contributed by atoms with E-state index in [-0.39, 0.29) is 24.7 Å². The molecule has 2 amide bonds. The zero-order chi connectivity index (χ0) is 10.4. The lowest BCUT2D eigenvalue weighted by molar-refractivity contribution is 0.247. The second-order valence-corrected chi connectivity index (χ2v) is 3.94. The van der Waals surface area contributed by atoms with Crippen LogP contribution in [0, 0.1) is 0 Å². The first-order chi connectivity index (χ1) is 6.74. The van der Waals surface area contributed by atoms with E-state index in [9.17, 15) is 4.79 Å². The van der Waals surface area contributed by atoms with E-state index in [1.807, 2.05) is 6.92 Å². The van der Waals surface area contributed by atoms with Crippen molar-refractivity contribution in [1.29, 1.82) is 0 Å². The van der Waals surface area contributed by atoms with Crippen LogP contribution in [0.1, 0.15) is 39.0 Å². The summed E-state index contributed by atoms with van der Waals surface area (Å²) in [4.78, 5) is 10.9. The zero-order valence-corrected chi connectivity index (χ0v) is 8.75. The molecule has 4 heteroatoms. The van der Waals surface area contributed by atoms with Crippen molar-refractivity contribution in [3.8, 4) is 0 Å². The average molecular weight is 200 g/mol. The maximum absolute atomic E-state index is 10.9. The summed E-state index contributed by atoms with van der Waals surface area (Å²) in [7, 11) is 0. The Morgan fingerprint density at radius 2 is 1.93 bits per heavy atom. The van der Waals surface area contributed by atoms with Crippen LogP contribution in [-0.2, 0) is 0 Å². The lowest BCUT2D eigenvalue weighted by atomic mass is 10.0. The highest BCUT2D eigenvalue weighted by molar-refractivity contribution is 5.77. The molecule has 1 aliphatic rings. The van der Waals surface area contributed by atoms with Gasteiger partial charge in [0.1, 0.15) is 0 Å². The van der Waals surface area contributed by atoms with Gasteiger partial charge in [0.25, 0.3) is 0 Å². The molecule has 1 heterocycles. The van der Waals surface area contributed by atoms with E-state index in [4.69, 9.17) is 5.11 Å². The Labute approximate surface area is 85.1 Å². The van der Waals surface area contributed by atoms with Crippen LogP contribution in [0.4, 0.5) is 4.79 Å². The Morgan fingerprint density at radius 3 is 2.50 bits per heavy atom. The van der Waals surface area contributed by atoms with E-state index in [1.165, 1.54) is 0 Å². The van der Waals surface area contributed by atoms with Crippen LogP contribution in [0.3, 0.4) is 0 Å². The number of amides is 2. The molecule has 1 aliphatic heterocycles. The number of carbonyl (C=O) groups is 1. The van der Waals surface area contributed by atoms with Gasteiger partial charge in [-0.05, 0) is 19.8 Å². The minimum Gasteiger partial charge on any atom is -0.396 e. The molecule has 0 radical (unpaired) electrons. The Kier molecular flexibility index (Phi) is 4.73. The molecule has 0 saturated carbocycles. The fourth-order valence-corrected chi connectivity index (χ4v) is 1.79. The van der Waals surface area contributed by atoms with Crippen LogP contribution in [0.15, 0.2) is 0 Å². The lowest BCUT2D eigenvalue weighted by Crippen LogP contribution is -2.30. The molecule has 82 valence electrons. The Hall–Kier alpha value is -0.770. The second kappa shape index (κ2) is 5.86. The molecule has 2 unspecified atom stereocenters. The molecule has 2 atom stereocenters. The number of unbranched alkanes of at least 4 members (excludes halogenated alkanes) is 3. The summed E-state index contributed by atoms with van der Waals surface area (Å²) < 4.78 is 0. The number of rotatable bonds is 6. The summed E-state index contributed by atoms with van der Waals surface area (Å²) in [6.45, 7) is 2.31. The quantitative estimate of drug-likeness (QED) is 0.560. The number of hydrogen-bond donors (Lipinski definition) is 3. The topological polar surface area (TPSA) is 61.4 Å². The minimum absolute atomic E-state index is 0.0436. The smallest absolute Gasteiger partial charge is 0.315 e. The van der Waals surface area contributed by atoms with Crippen LogP contribution in [-0.4, -0.2) is 29.8 Å². The molecule has 1 rings (SSSR count). The summed E-state index contributed by atoms with van der Waals surface area (Å²) in [5.74, 6) is 0. The summed E-state index contributed by atoms with van der Waals surface area (Å²) in [5.41, 5.74) is 0. The molecule has 4 nitrogen and oxygen atoms in total. The number of aliphatic hydroxyl groups excluding tert-OH is 1. The van der Waals surface area contributed by atoms with E-state index in [0.717, 1.165) is 32.1 Å². The van der Waals surface area contributed by atoms with Crippen molar-refractivity contribution in [1.82, 2.24) is 10.6 Å². The monoisotopic (exact) mass is 200 g/mol. The number of nitrogens with one attached hydrogen (secondary N) is 2. The maximum atomic E-state index is 10.9. The highest BCUT2D eigenvalue weighted by Crippen LogP contribution is 2.11. The molecule has 0 aliphatic carbocycles. The first-order valence-corrected chi connectivity index (χ1v) is 5.42. The summed E-state index contributed by atoms with van der Waals surface area (Å²) in [6.07, 6.45) is 5.27. The van der Waals surface area contributed by atoms with Gasteiger partial charge in [0, 0.05) is 12.6 Å². The van der Waals surface area contributed by atoms with Crippen molar-refractivity contribution in [2.24, 2.45) is 0 Å². The normalized spacial score (nSPS) is 26.0. The van der Waals surface area contributed by atoms with Crippen molar-refractivity contribution in [3.05, 3.63) is 0 Å². The van der Waals surface area contributed by atoms with Gasteiger partial charge in [0.15, 0.2) is 0 Å². The molecule has 1 saturated heterocycles. The van der Waals surface area contributed by atoms with Gasteiger partial charge in [-0.2, -0.15) is 0 Å². The second-order valence-electron chi connectivity index (χ2n) is 3.94. The fraction of sp³-hybridized carbons (Fsp3) is 0.900. The Morgan fingerprint density at radius 1 is 1.21 bits per heavy atom. The molecule has 0 aromatic rings.